The molecule has 0 spiro atoms. The van der Waals surface area contributed by atoms with Crippen LogP contribution in [0.4, 0.5) is 10.6 Å². The highest BCUT2D eigenvalue weighted by Crippen LogP contribution is 2.44. The molecule has 0 aliphatic heterocycles. The minimum atomic E-state index is -4.88. The third-order valence-electron chi connectivity index (χ3n) is 8.62. The number of sulfonamides is 1. The van der Waals surface area contributed by atoms with Crippen LogP contribution in [0.3, 0.4) is 0 Å². The highest BCUT2D eigenvalue weighted by atomic mass is 32.2. The predicted molar refractivity (Wildman–Crippen MR) is 222 cm³/mol. The van der Waals surface area contributed by atoms with E-state index in [2.05, 4.69) is 50.2 Å². The van der Waals surface area contributed by atoms with E-state index in [0.717, 1.165) is 0 Å². The van der Waals surface area contributed by atoms with Crippen molar-refractivity contribution in [2.24, 2.45) is 0 Å². The number of pyridine rings is 2. The van der Waals surface area contributed by atoms with Gasteiger partial charge in [-0.25, -0.2) is 38.6 Å². The standard InChI is InChI=1S/C39H41N11O17S/c1-25-10-11-32(41-22-25)68(57,58)48(24-64-39(52)63-16-14-60-15-19-65-49(53)54)36-33(67-31-9-4-3-8-30(31)59-2)37(43-34(42-36)27-12-13-40-29(21-27)35-44-46-47-45-35)61-17-18-62-38(51)28-7-5-6-26(20-28)23-66-50(55)56/h3-13,20-22,53-56H,14-19,23-24H2,1-2H3,(H,44,45,46,47). The van der Waals surface area contributed by atoms with Gasteiger partial charge in [0.25, 0.3) is 15.9 Å². The molecule has 0 fully saturated rings. The quantitative estimate of drug-likeness (QED) is 0.0238. The van der Waals surface area contributed by atoms with Gasteiger partial charge in [0.05, 0.1) is 49.9 Å². The number of H-pyrrole nitrogens is 1. The van der Waals surface area contributed by atoms with Gasteiger partial charge < -0.3 is 33.2 Å². The van der Waals surface area contributed by atoms with E-state index in [0.29, 0.717) is 15.4 Å². The molecule has 28 nitrogen and oxygen atoms in total. The number of aromatic amines is 1. The van der Waals surface area contributed by atoms with Gasteiger partial charge in [-0.2, -0.15) is 13.4 Å². The van der Waals surface area contributed by atoms with Crippen molar-refractivity contribution in [3.05, 3.63) is 102 Å². The van der Waals surface area contributed by atoms with Crippen LogP contribution in [0.2, 0.25) is 0 Å². The van der Waals surface area contributed by atoms with E-state index in [1.54, 1.807) is 31.2 Å². The average molecular weight is 968 g/mol. The van der Waals surface area contributed by atoms with Gasteiger partial charge in [0.15, 0.2) is 40.7 Å². The lowest BCUT2D eigenvalue weighted by Gasteiger charge is -2.26. The van der Waals surface area contributed by atoms with Crippen molar-refractivity contribution < 1.29 is 81.7 Å². The smallest absolute Gasteiger partial charge is 0.493 e. The molecular weight excluding hydrogens is 927 g/mol. The Bertz CT molecular complexity index is 2700. The number of carbonyl (C=O) groups is 2. The zero-order valence-corrected chi connectivity index (χ0v) is 36.5. The van der Waals surface area contributed by atoms with Crippen LogP contribution in [-0.4, -0.2) is 146 Å². The lowest BCUT2D eigenvalue weighted by molar-refractivity contribution is -0.497. The number of hydrogen-bond acceptors (Lipinski definition) is 26. The Labute approximate surface area is 384 Å². The number of aryl methyl sites for hydroxylation is 1. The molecule has 5 N–H and O–H groups in total. The molecule has 6 rings (SSSR count). The molecule has 0 radical (unpaired) electrons. The van der Waals surface area contributed by atoms with E-state index in [1.165, 1.54) is 68.0 Å². The fourth-order valence-electron chi connectivity index (χ4n) is 5.54. The molecule has 68 heavy (non-hydrogen) atoms. The van der Waals surface area contributed by atoms with Crippen LogP contribution >= 0.6 is 0 Å². The Morgan fingerprint density at radius 3 is 2.31 bits per heavy atom. The number of tetrazole rings is 1. The molecule has 2 aromatic carbocycles. The Hall–Kier alpha value is -7.58. The second kappa shape index (κ2) is 24.3. The summed E-state index contributed by atoms with van der Waals surface area (Å²) in [7, 11) is -3.52. The maximum Gasteiger partial charge on any atom is 0.510 e. The summed E-state index contributed by atoms with van der Waals surface area (Å²) in [5.41, 5.74) is 1.53. The zero-order valence-electron chi connectivity index (χ0n) is 35.7. The number of para-hydroxylation sites is 2. The van der Waals surface area contributed by atoms with E-state index < -0.39 is 75.3 Å². The number of carbonyl (C=O) groups excluding carboxylic acids is 2. The molecule has 4 aromatic heterocycles. The van der Waals surface area contributed by atoms with Crippen LogP contribution in [-0.2, 0) is 45.3 Å². The predicted octanol–water partition coefficient (Wildman–Crippen LogP) is 3.31. The second-order valence-electron chi connectivity index (χ2n) is 13.2. The summed E-state index contributed by atoms with van der Waals surface area (Å²) in [4.78, 5) is 52.8. The molecule has 360 valence electrons. The van der Waals surface area contributed by atoms with Crippen molar-refractivity contribution in [1.82, 2.24) is 51.3 Å². The maximum absolute atomic E-state index is 14.8. The first-order valence-electron chi connectivity index (χ1n) is 19.6. The lowest BCUT2D eigenvalue weighted by Crippen LogP contribution is -2.36. The molecule has 0 bridgehead atoms. The second-order valence-corrected chi connectivity index (χ2v) is 15.1. The molecule has 0 amide bonds. The van der Waals surface area contributed by atoms with E-state index in [-0.39, 0.29) is 73.0 Å². The van der Waals surface area contributed by atoms with E-state index in [1.807, 2.05) is 0 Å². The van der Waals surface area contributed by atoms with Crippen molar-refractivity contribution in [2.45, 2.75) is 18.6 Å². The Morgan fingerprint density at radius 1 is 0.794 bits per heavy atom. The number of hydrogen-bond donors (Lipinski definition) is 5. The fourth-order valence-corrected chi connectivity index (χ4v) is 6.74. The molecule has 0 saturated carbocycles. The molecule has 0 aliphatic carbocycles. The van der Waals surface area contributed by atoms with Gasteiger partial charge in [-0.3, -0.25) is 25.8 Å². The van der Waals surface area contributed by atoms with Crippen molar-refractivity contribution in [2.75, 3.05) is 57.8 Å². The van der Waals surface area contributed by atoms with Crippen molar-refractivity contribution in [3.8, 4) is 46.0 Å². The molecule has 4 heterocycles. The summed E-state index contributed by atoms with van der Waals surface area (Å²) < 4.78 is 69.2. The number of anilines is 1. The van der Waals surface area contributed by atoms with E-state index in [4.69, 9.17) is 54.0 Å². The Morgan fingerprint density at radius 2 is 1.57 bits per heavy atom. The van der Waals surface area contributed by atoms with Gasteiger partial charge in [0.1, 0.15) is 25.5 Å². The normalized spacial score (nSPS) is 11.4. The first-order valence-corrected chi connectivity index (χ1v) is 21.0. The minimum Gasteiger partial charge on any atom is -0.493 e. The summed E-state index contributed by atoms with van der Waals surface area (Å²) in [5, 5.41) is 47.3. The highest BCUT2D eigenvalue weighted by molar-refractivity contribution is 7.92. The monoisotopic (exact) mass is 967 g/mol. The van der Waals surface area contributed by atoms with Gasteiger partial charge in [-0.05, 0) is 70.9 Å². The fraction of sp³-hybridized carbons (Fsp3) is 0.256. The molecule has 6 aromatic rings. The van der Waals surface area contributed by atoms with Crippen molar-refractivity contribution in [1.29, 1.82) is 0 Å². The highest BCUT2D eigenvalue weighted by Gasteiger charge is 2.35. The third-order valence-corrected chi connectivity index (χ3v) is 10.3. The number of benzene rings is 2. The van der Waals surface area contributed by atoms with Crippen molar-refractivity contribution in [3.63, 3.8) is 0 Å². The van der Waals surface area contributed by atoms with Crippen LogP contribution in [0.25, 0.3) is 22.9 Å². The first-order chi connectivity index (χ1) is 32.8. The molecule has 0 atom stereocenters. The van der Waals surface area contributed by atoms with Crippen LogP contribution < -0.4 is 18.5 Å². The number of rotatable bonds is 25. The number of methoxy groups -OCH3 is 1. The summed E-state index contributed by atoms with van der Waals surface area (Å²) in [6, 6.07) is 17.9. The minimum absolute atomic E-state index is 0.0181. The molecule has 0 aliphatic rings. The SMILES string of the molecule is COc1ccccc1Oc1c(OCCOC(=O)c2cccc(CON(O)O)c2)nc(-c2ccnc(-c3nnn[nH]3)c2)nc1N(COC(=O)OCCOCCON(O)O)S(=O)(=O)c1ccc(C)cn1. The van der Waals surface area contributed by atoms with Gasteiger partial charge in [0, 0.05) is 18.0 Å². The summed E-state index contributed by atoms with van der Waals surface area (Å²) in [6.45, 7) is -1.51. The average Bonchev–Trinajstić information content (AvgIpc) is 3.88. The Balaban J connectivity index is 1.41. The van der Waals surface area contributed by atoms with Crippen LogP contribution in [0, 0.1) is 6.92 Å². The van der Waals surface area contributed by atoms with Gasteiger partial charge in [0.2, 0.25) is 5.75 Å². The van der Waals surface area contributed by atoms with E-state index in [9.17, 15) is 18.0 Å². The first kappa shape index (κ1) is 49.8. The van der Waals surface area contributed by atoms with Gasteiger partial charge >= 0.3 is 12.1 Å². The summed E-state index contributed by atoms with van der Waals surface area (Å²) in [6.07, 6.45) is 1.34. The number of esters is 1. The third kappa shape index (κ3) is 14.0. The van der Waals surface area contributed by atoms with Crippen LogP contribution in [0.1, 0.15) is 21.5 Å². The largest absolute Gasteiger partial charge is 0.510 e. The maximum atomic E-state index is 14.8. The Kier molecular flexibility index (Phi) is 17.8. The summed E-state index contributed by atoms with van der Waals surface area (Å²) >= 11 is 0. The molecular formula is C39H41N11O17S. The number of nitrogens with one attached hydrogen (secondary N) is 1. The van der Waals surface area contributed by atoms with Crippen LogP contribution in [0.5, 0.6) is 23.1 Å². The van der Waals surface area contributed by atoms with Gasteiger partial charge in [-0.15, -0.1) is 5.10 Å². The molecule has 0 unspecified atom stereocenters. The lowest BCUT2D eigenvalue weighted by atomic mass is 10.1. The van der Waals surface area contributed by atoms with Crippen molar-refractivity contribution >= 4 is 28.0 Å². The number of aromatic nitrogens is 8. The van der Waals surface area contributed by atoms with E-state index >= 15 is 0 Å². The zero-order chi connectivity index (χ0) is 48.5. The van der Waals surface area contributed by atoms with Gasteiger partial charge in [-0.1, -0.05) is 30.3 Å². The van der Waals surface area contributed by atoms with Crippen LogP contribution in [0.15, 0.2) is 90.2 Å². The molecule has 29 heteroatoms. The number of ether oxygens (including phenoxy) is 7. The topological polar surface area (TPSA) is 348 Å². The molecule has 0 saturated heterocycles. The summed E-state index contributed by atoms with van der Waals surface area (Å²) in [5.74, 6) is -2.12. The number of nitrogens with zero attached hydrogens (tertiary/aromatic N) is 10.